The van der Waals surface area contributed by atoms with Crippen LogP contribution in [0.15, 0.2) is 23.3 Å². The van der Waals surface area contributed by atoms with Crippen molar-refractivity contribution < 1.29 is 19.6 Å². The van der Waals surface area contributed by atoms with Gasteiger partial charge in [0.2, 0.25) is 0 Å². The largest absolute Gasteiger partial charge is 0.504 e. The minimum Gasteiger partial charge on any atom is -0.504 e. The quantitative estimate of drug-likeness (QED) is 0.452. The van der Waals surface area contributed by atoms with E-state index in [4.69, 9.17) is 4.74 Å². The van der Waals surface area contributed by atoms with Crippen molar-refractivity contribution in [1.82, 2.24) is 15.2 Å². The Morgan fingerprint density at radius 2 is 2.11 bits per heavy atom. The summed E-state index contributed by atoms with van der Waals surface area (Å²) in [7, 11) is 1.43. The van der Waals surface area contributed by atoms with E-state index in [-0.39, 0.29) is 22.9 Å². The first kappa shape index (κ1) is 19.9. The van der Waals surface area contributed by atoms with Crippen LogP contribution in [0.3, 0.4) is 0 Å². The van der Waals surface area contributed by atoms with Gasteiger partial charge >= 0.3 is 5.69 Å². The molecule has 10 nitrogen and oxygen atoms in total. The molecule has 0 aliphatic carbocycles. The highest BCUT2D eigenvalue weighted by atomic mass is 16.6. The lowest BCUT2D eigenvalue weighted by atomic mass is 10.1. The summed E-state index contributed by atoms with van der Waals surface area (Å²) in [6, 6.07) is 3.90. The number of hydrogen-bond acceptors (Lipinski definition) is 7. The fourth-order valence-corrected chi connectivity index (χ4v) is 2.61. The molecule has 1 aromatic heterocycles. The van der Waals surface area contributed by atoms with Crippen molar-refractivity contribution in [3.63, 3.8) is 0 Å². The molecule has 0 spiro atoms. The Kier molecular flexibility index (Phi) is 5.78. The van der Waals surface area contributed by atoms with Gasteiger partial charge in [0.25, 0.3) is 5.91 Å². The highest BCUT2D eigenvalue weighted by Crippen LogP contribution is 2.27. The highest BCUT2D eigenvalue weighted by molar-refractivity contribution is 5.99. The van der Waals surface area contributed by atoms with Gasteiger partial charge in [-0.1, -0.05) is 0 Å². The highest BCUT2D eigenvalue weighted by Gasteiger charge is 2.27. The third-order valence-corrected chi connectivity index (χ3v) is 4.15. The second-order valence-electron chi connectivity index (χ2n) is 5.96. The number of phenolic OH excluding ortho intramolecular Hbond substituents is 1. The molecule has 0 saturated carbocycles. The summed E-state index contributed by atoms with van der Waals surface area (Å²) in [6.07, 6.45) is 0. The molecule has 1 atom stereocenters. The van der Waals surface area contributed by atoms with Crippen LogP contribution in [0.1, 0.15) is 36.8 Å². The molecular weight excluding hydrogens is 354 g/mol. The van der Waals surface area contributed by atoms with Gasteiger partial charge in [-0.2, -0.15) is 10.2 Å². The number of benzene rings is 1. The zero-order valence-corrected chi connectivity index (χ0v) is 15.7. The van der Waals surface area contributed by atoms with Crippen molar-refractivity contribution in [2.24, 2.45) is 5.10 Å². The zero-order valence-electron chi connectivity index (χ0n) is 15.7. The number of aromatic hydroxyl groups is 1. The standard InChI is InChI=1S/C17H21N5O5/c1-9(13-6-7-14(23)15(8-13)27-5)18-19-17(24)12(4)21-11(3)16(22(25)26)10(2)20-21/h6-8,12,23H,1-5H3,(H,19,24)/b18-9+. The molecule has 2 N–H and O–H groups in total. The number of phenols is 1. The first-order chi connectivity index (χ1) is 12.7. The molecule has 144 valence electrons. The van der Waals surface area contributed by atoms with Crippen molar-refractivity contribution in [3.05, 3.63) is 45.3 Å². The number of amides is 1. The topological polar surface area (TPSA) is 132 Å². The average Bonchev–Trinajstić information content (AvgIpc) is 2.93. The number of nitro groups is 1. The van der Waals surface area contributed by atoms with E-state index in [9.17, 15) is 20.0 Å². The summed E-state index contributed by atoms with van der Waals surface area (Å²) >= 11 is 0. The Hall–Kier alpha value is -3.43. The van der Waals surface area contributed by atoms with Crippen molar-refractivity contribution in [2.75, 3.05) is 7.11 Å². The summed E-state index contributed by atoms with van der Waals surface area (Å²) in [4.78, 5) is 23.0. The summed E-state index contributed by atoms with van der Waals surface area (Å²) in [5.74, 6) is -0.185. The van der Waals surface area contributed by atoms with E-state index < -0.39 is 16.9 Å². The fourth-order valence-electron chi connectivity index (χ4n) is 2.61. The van der Waals surface area contributed by atoms with E-state index in [0.29, 0.717) is 17.0 Å². The maximum absolute atomic E-state index is 12.4. The molecule has 1 heterocycles. The number of ether oxygens (including phenoxy) is 1. The van der Waals surface area contributed by atoms with Crippen molar-refractivity contribution in [3.8, 4) is 11.5 Å². The van der Waals surface area contributed by atoms with Crippen LogP contribution >= 0.6 is 0 Å². The Labute approximate surface area is 155 Å². The normalized spacial score (nSPS) is 12.6. The maximum atomic E-state index is 12.4. The van der Waals surface area contributed by atoms with Gasteiger partial charge in [0.05, 0.1) is 17.7 Å². The maximum Gasteiger partial charge on any atom is 0.312 e. The minimum absolute atomic E-state index is 0.00201. The number of carbonyl (C=O) groups excluding carboxylic acids is 1. The predicted octanol–water partition coefficient (Wildman–Crippen LogP) is 2.22. The van der Waals surface area contributed by atoms with Crippen LogP contribution < -0.4 is 10.2 Å². The number of nitrogens with zero attached hydrogens (tertiary/aromatic N) is 4. The monoisotopic (exact) mass is 375 g/mol. The van der Waals surface area contributed by atoms with Crippen LogP contribution in [0.2, 0.25) is 0 Å². The van der Waals surface area contributed by atoms with Crippen LogP contribution in [0.25, 0.3) is 0 Å². The Morgan fingerprint density at radius 3 is 2.67 bits per heavy atom. The first-order valence-corrected chi connectivity index (χ1v) is 8.09. The van der Waals surface area contributed by atoms with Gasteiger partial charge in [-0.05, 0) is 45.9 Å². The second-order valence-corrected chi connectivity index (χ2v) is 5.96. The average molecular weight is 375 g/mol. The molecule has 0 radical (unpaired) electrons. The molecule has 1 aromatic carbocycles. The lowest BCUT2D eigenvalue weighted by Crippen LogP contribution is -2.29. The lowest BCUT2D eigenvalue weighted by Gasteiger charge is -2.12. The van der Waals surface area contributed by atoms with Crippen molar-refractivity contribution in [1.29, 1.82) is 0 Å². The predicted molar refractivity (Wildman–Crippen MR) is 98.1 cm³/mol. The number of aryl methyl sites for hydroxylation is 1. The van der Waals surface area contributed by atoms with E-state index in [1.165, 1.54) is 24.8 Å². The minimum atomic E-state index is -0.789. The third-order valence-electron chi connectivity index (χ3n) is 4.15. The van der Waals surface area contributed by atoms with Crippen LogP contribution in [-0.2, 0) is 4.79 Å². The van der Waals surface area contributed by atoms with Crippen LogP contribution in [-0.4, -0.2) is 38.5 Å². The summed E-state index contributed by atoms with van der Waals surface area (Å²) in [6.45, 7) is 6.32. The molecule has 10 heteroatoms. The van der Waals surface area contributed by atoms with E-state index >= 15 is 0 Å². The molecule has 0 aliphatic heterocycles. The number of hydrogen-bond donors (Lipinski definition) is 2. The molecule has 0 aliphatic rings. The molecule has 0 bridgehead atoms. The summed E-state index contributed by atoms with van der Waals surface area (Å²) in [5, 5.41) is 28.9. The van der Waals surface area contributed by atoms with E-state index in [0.717, 1.165) is 0 Å². The first-order valence-electron chi connectivity index (χ1n) is 8.09. The summed E-state index contributed by atoms with van der Waals surface area (Å²) in [5.41, 5.74) is 4.01. The second kappa shape index (κ2) is 7.85. The zero-order chi connectivity index (χ0) is 20.3. The van der Waals surface area contributed by atoms with Gasteiger partial charge < -0.3 is 9.84 Å². The number of carbonyl (C=O) groups is 1. The van der Waals surface area contributed by atoms with Gasteiger partial charge in [0, 0.05) is 5.56 Å². The smallest absolute Gasteiger partial charge is 0.312 e. The molecule has 2 aromatic rings. The Bertz CT molecular complexity index is 919. The number of hydrazone groups is 1. The van der Waals surface area contributed by atoms with Gasteiger partial charge in [-0.15, -0.1) is 0 Å². The number of methoxy groups -OCH3 is 1. The molecule has 27 heavy (non-hydrogen) atoms. The summed E-state index contributed by atoms with van der Waals surface area (Å²) < 4.78 is 6.35. The van der Waals surface area contributed by atoms with Crippen molar-refractivity contribution in [2.45, 2.75) is 33.7 Å². The fraction of sp³-hybridized carbons (Fsp3) is 0.353. The molecule has 2 rings (SSSR count). The molecule has 1 unspecified atom stereocenters. The van der Waals surface area contributed by atoms with E-state index in [1.54, 1.807) is 32.9 Å². The molecular formula is C17H21N5O5. The van der Waals surface area contributed by atoms with E-state index in [2.05, 4.69) is 15.6 Å². The van der Waals surface area contributed by atoms with Crippen LogP contribution in [0, 0.1) is 24.0 Å². The van der Waals surface area contributed by atoms with Gasteiger partial charge in [-0.3, -0.25) is 19.6 Å². The lowest BCUT2D eigenvalue weighted by molar-refractivity contribution is -0.386. The number of nitrogens with one attached hydrogen (secondary N) is 1. The van der Waals surface area contributed by atoms with Crippen LogP contribution in [0.5, 0.6) is 11.5 Å². The van der Waals surface area contributed by atoms with E-state index in [1.807, 2.05) is 0 Å². The number of rotatable bonds is 6. The van der Waals surface area contributed by atoms with Crippen molar-refractivity contribution >= 4 is 17.3 Å². The van der Waals surface area contributed by atoms with Gasteiger partial charge in [0.15, 0.2) is 11.5 Å². The third kappa shape index (κ3) is 4.05. The van der Waals surface area contributed by atoms with Crippen LogP contribution in [0.4, 0.5) is 5.69 Å². The molecule has 1 amide bonds. The SMILES string of the molecule is COc1cc(/C(C)=N/NC(=O)C(C)n2nc(C)c([N+](=O)[O-])c2C)ccc1O. The van der Waals surface area contributed by atoms with Gasteiger partial charge in [0.1, 0.15) is 17.4 Å². The Morgan fingerprint density at radius 1 is 1.44 bits per heavy atom. The Balaban J connectivity index is 2.18. The van der Waals surface area contributed by atoms with Gasteiger partial charge in [-0.25, -0.2) is 5.43 Å². The molecule has 0 fully saturated rings. The molecule has 0 saturated heterocycles. The number of aromatic nitrogens is 2.